The summed E-state index contributed by atoms with van der Waals surface area (Å²) in [5.41, 5.74) is 19.2. The molecule has 0 amide bonds. The van der Waals surface area contributed by atoms with Gasteiger partial charge in [0.2, 0.25) is 17.6 Å². The molecule has 3 aliphatic carbocycles. The van der Waals surface area contributed by atoms with E-state index in [2.05, 4.69) is 60.2 Å². The molecule has 27 nitrogen and oxygen atoms in total. The average molecular weight is 1040 g/mol. The number of methoxy groups -OCH3 is 1. The molecule has 12 rings (SSSR count). The maximum atomic E-state index is 11.5. The van der Waals surface area contributed by atoms with Gasteiger partial charge in [-0.25, -0.2) is 48.9 Å². The summed E-state index contributed by atoms with van der Waals surface area (Å²) in [7, 11) is 1.57. The Kier molecular flexibility index (Phi) is 14.9. The van der Waals surface area contributed by atoms with E-state index in [1.54, 1.807) is 39.5 Å². The molecule has 396 valence electrons. The zero-order valence-corrected chi connectivity index (χ0v) is 41.2. The molecule has 27 heteroatoms. The Labute approximate surface area is 431 Å². The number of aliphatic hydroxyl groups excluding tert-OH is 3. The number of rotatable bonds is 10. The van der Waals surface area contributed by atoms with Crippen molar-refractivity contribution in [3.8, 4) is 41.0 Å². The molecule has 0 bridgehead atoms. The van der Waals surface area contributed by atoms with E-state index in [0.717, 1.165) is 77.0 Å². The molecule has 9 aromatic heterocycles. The van der Waals surface area contributed by atoms with Crippen LogP contribution in [0.2, 0.25) is 0 Å². The van der Waals surface area contributed by atoms with E-state index in [1.165, 1.54) is 55.6 Å². The number of H-pyrrole nitrogens is 2. The van der Waals surface area contributed by atoms with E-state index in [0.29, 0.717) is 44.7 Å². The van der Waals surface area contributed by atoms with Crippen LogP contribution in [0, 0.1) is 0 Å². The molecule has 0 radical (unpaired) electrons. The molecule has 9 aromatic rings. The first-order valence-electron chi connectivity index (χ1n) is 24.8. The second-order valence-electron chi connectivity index (χ2n) is 18.5. The summed E-state index contributed by atoms with van der Waals surface area (Å²) in [6, 6.07) is 8.23. The molecule has 3 fully saturated rings. The first-order valence-corrected chi connectivity index (χ1v) is 24.8. The van der Waals surface area contributed by atoms with Crippen LogP contribution < -0.4 is 47.0 Å². The van der Waals surface area contributed by atoms with Crippen LogP contribution in [0.5, 0.6) is 41.0 Å². The van der Waals surface area contributed by atoms with Crippen molar-refractivity contribution >= 4 is 50.6 Å². The number of nitrogen functional groups attached to an aromatic ring is 3. The number of aromatic amines is 2. The van der Waals surface area contributed by atoms with E-state index >= 15 is 0 Å². The smallest absolute Gasteiger partial charge is 0.253 e. The molecular formula is C49H56N18O9. The minimum atomic E-state index is -0.502. The molecule has 0 saturated heterocycles. The summed E-state index contributed by atoms with van der Waals surface area (Å²) in [5, 5.41) is 46.1. The van der Waals surface area contributed by atoms with Crippen molar-refractivity contribution in [2.24, 2.45) is 0 Å². The first-order chi connectivity index (χ1) is 36.9. The Hall–Kier alpha value is -8.82. The summed E-state index contributed by atoms with van der Waals surface area (Å²) < 4.78 is 27.5. The van der Waals surface area contributed by atoms with Crippen LogP contribution in [0.25, 0.3) is 33.1 Å². The van der Waals surface area contributed by atoms with Crippen LogP contribution in [0.15, 0.2) is 83.6 Å². The zero-order chi connectivity index (χ0) is 52.9. The van der Waals surface area contributed by atoms with Crippen molar-refractivity contribution in [2.45, 2.75) is 113 Å². The summed E-state index contributed by atoms with van der Waals surface area (Å²) in [5.74, 6) is 2.82. The van der Waals surface area contributed by atoms with Gasteiger partial charge in [-0.1, -0.05) is 38.5 Å². The molecule has 6 atom stereocenters. The lowest BCUT2D eigenvalue weighted by atomic mass is 9.93. The highest BCUT2D eigenvalue weighted by Gasteiger charge is 2.33. The highest BCUT2D eigenvalue weighted by atomic mass is 16.5. The fourth-order valence-corrected chi connectivity index (χ4v) is 9.78. The first kappa shape index (κ1) is 50.7. The van der Waals surface area contributed by atoms with Crippen LogP contribution in [-0.4, -0.2) is 115 Å². The minimum Gasteiger partial charge on any atom is -0.497 e. The Balaban J connectivity index is 0.000000130. The Morgan fingerprint density at radius 3 is 1.26 bits per heavy atom. The number of ether oxygens (including phenoxy) is 4. The number of anilines is 3. The Morgan fingerprint density at radius 1 is 0.513 bits per heavy atom. The normalized spacial score (nSPS) is 20.5. The van der Waals surface area contributed by atoms with E-state index < -0.39 is 18.3 Å². The second-order valence-corrected chi connectivity index (χ2v) is 18.5. The van der Waals surface area contributed by atoms with E-state index in [9.17, 15) is 24.9 Å². The van der Waals surface area contributed by atoms with Crippen LogP contribution in [-0.2, 0) is 0 Å². The molecule has 0 spiro atoms. The lowest BCUT2D eigenvalue weighted by Gasteiger charge is -2.27. The number of hydrogen-bond donors (Lipinski definition) is 8. The molecule has 0 aromatic carbocycles. The average Bonchev–Trinajstić information content (AvgIpc) is 4.15. The quantitative estimate of drug-likeness (QED) is 0.0910. The molecule has 3 saturated carbocycles. The molecule has 9 heterocycles. The zero-order valence-electron chi connectivity index (χ0n) is 41.2. The predicted octanol–water partition coefficient (Wildman–Crippen LogP) is 4.81. The number of nitrogens with zero attached hydrogens (tertiary/aromatic N) is 13. The largest absolute Gasteiger partial charge is 0.497 e. The highest BCUT2D eigenvalue weighted by molar-refractivity contribution is 5.92. The third-order valence-corrected chi connectivity index (χ3v) is 13.5. The van der Waals surface area contributed by atoms with Gasteiger partial charge in [0, 0.05) is 48.9 Å². The highest BCUT2D eigenvalue weighted by Crippen LogP contribution is 2.40. The van der Waals surface area contributed by atoms with Crippen molar-refractivity contribution in [3.63, 3.8) is 0 Å². The van der Waals surface area contributed by atoms with Crippen molar-refractivity contribution in [1.82, 2.24) is 74.2 Å². The van der Waals surface area contributed by atoms with Crippen LogP contribution in [0.1, 0.15) is 95.2 Å². The maximum Gasteiger partial charge on any atom is 0.253 e. The lowest BCUT2D eigenvalue weighted by Crippen LogP contribution is -2.28. The summed E-state index contributed by atoms with van der Waals surface area (Å²) in [4.78, 5) is 57.8. The van der Waals surface area contributed by atoms with Crippen molar-refractivity contribution in [3.05, 3.63) is 94.4 Å². The van der Waals surface area contributed by atoms with E-state index in [4.69, 9.17) is 36.1 Å². The van der Waals surface area contributed by atoms with Gasteiger partial charge in [-0.15, -0.1) is 15.3 Å². The van der Waals surface area contributed by atoms with E-state index in [-0.39, 0.29) is 75.8 Å². The third kappa shape index (κ3) is 10.7. The van der Waals surface area contributed by atoms with Gasteiger partial charge in [0.25, 0.3) is 17.6 Å². The molecule has 1 unspecified atom stereocenters. The van der Waals surface area contributed by atoms with Crippen LogP contribution >= 0.6 is 0 Å². The van der Waals surface area contributed by atoms with Gasteiger partial charge in [-0.3, -0.25) is 9.59 Å². The molecule has 0 aliphatic heterocycles. The predicted molar refractivity (Wildman–Crippen MR) is 275 cm³/mol. The molecule has 76 heavy (non-hydrogen) atoms. The number of hydrogen-bond acceptors (Lipinski definition) is 22. The fraction of sp³-hybridized carbons (Fsp3) is 0.388. The molecule has 3 aliphatic rings. The number of pyridine rings is 3. The topological polar surface area (TPSA) is 385 Å². The Morgan fingerprint density at radius 2 is 0.895 bits per heavy atom. The summed E-state index contributed by atoms with van der Waals surface area (Å²) in [6.07, 6.45) is 17.8. The van der Waals surface area contributed by atoms with Crippen molar-refractivity contribution in [2.75, 3.05) is 24.3 Å². The third-order valence-electron chi connectivity index (χ3n) is 13.5. The summed E-state index contributed by atoms with van der Waals surface area (Å²) in [6.45, 7) is 0. The summed E-state index contributed by atoms with van der Waals surface area (Å²) >= 11 is 0. The fourth-order valence-electron chi connectivity index (χ4n) is 9.78. The van der Waals surface area contributed by atoms with Gasteiger partial charge in [-0.2, -0.15) is 0 Å². The lowest BCUT2D eigenvalue weighted by molar-refractivity contribution is 0.0706. The van der Waals surface area contributed by atoms with Gasteiger partial charge in [0.05, 0.1) is 43.5 Å². The SMILES string of the molecule is COc1ccnc(Oc2nn(C3CCCC[C@@H]3O)c3ncnc(N)c23)c1.Nc1ncnc2c1c(Oc1cc(=O)cc[nH]1)nn2[C@@H]1CCCC[C@H]1O.Nc1ncnc2c1c(Oc1cc(=O)cc[nH]1)nn2[C@H]1CCCC[C@@H]1O. The van der Waals surface area contributed by atoms with Crippen molar-refractivity contribution < 1.29 is 34.3 Å². The van der Waals surface area contributed by atoms with Gasteiger partial charge in [0.1, 0.15) is 58.3 Å². The van der Waals surface area contributed by atoms with E-state index in [1.807, 2.05) is 0 Å². The van der Waals surface area contributed by atoms with Crippen LogP contribution in [0.3, 0.4) is 0 Å². The maximum absolute atomic E-state index is 11.5. The van der Waals surface area contributed by atoms with Gasteiger partial charge in [-0.05, 0) is 44.6 Å². The number of fused-ring (bicyclic) bond motifs is 3. The Bertz CT molecular complexity index is 3440. The van der Waals surface area contributed by atoms with Crippen molar-refractivity contribution in [1.29, 1.82) is 0 Å². The standard InChI is InChI=1S/C17H20N6O3.2C16H18N6O3/c1-25-10-6-7-19-13(8-10)26-17-14-15(18)20-9-21-16(14)23(22-17)11-4-2-3-5-12(11)24;2*17-14-13-15(20-8-19-14)22(10-3-1-2-4-11(10)24)21-16(13)25-12-7-9(23)5-6-18-12/h6-9,11-12,24H,2-5H2,1H3,(H2,18,20,21);2*5-8,10-11,24H,1-4H2,(H,18,23)(H2,17,19,20)/t11?,12-;2*10-,11-/m010/s1. The number of aliphatic hydroxyl groups is 3. The van der Waals surface area contributed by atoms with Gasteiger partial charge < -0.3 is 61.4 Å². The monoisotopic (exact) mass is 1040 g/mol. The van der Waals surface area contributed by atoms with Gasteiger partial charge >= 0.3 is 0 Å². The van der Waals surface area contributed by atoms with Gasteiger partial charge in [0.15, 0.2) is 27.8 Å². The van der Waals surface area contributed by atoms with Crippen LogP contribution in [0.4, 0.5) is 17.5 Å². The molecular weight excluding hydrogens is 985 g/mol. The minimum absolute atomic E-state index is 0.170. The number of nitrogens with two attached hydrogens (primary N) is 3. The number of nitrogens with one attached hydrogen (secondary N) is 2. The number of aromatic nitrogens is 15. The molecule has 11 N–H and O–H groups in total. The second kappa shape index (κ2) is 22.3.